The topological polar surface area (TPSA) is 125 Å². The molecule has 9 heteroatoms. The molecule has 4 rings (SSSR count). The molecule has 3 atom stereocenters. The lowest BCUT2D eigenvalue weighted by Crippen LogP contribution is -2.38. The predicted octanol–water partition coefficient (Wildman–Crippen LogP) is 2.22. The maximum absolute atomic E-state index is 12.5. The third-order valence-corrected chi connectivity index (χ3v) is 6.55. The molecule has 1 fully saturated rings. The molecule has 1 heterocycles. The van der Waals surface area contributed by atoms with E-state index in [1.165, 1.54) is 4.90 Å². The average Bonchev–Trinajstić information content (AvgIpc) is 3.41. The van der Waals surface area contributed by atoms with Gasteiger partial charge in [-0.25, -0.2) is 4.79 Å². The third-order valence-electron chi connectivity index (χ3n) is 6.55. The highest BCUT2D eigenvalue weighted by molar-refractivity contribution is 5.80. The van der Waals surface area contributed by atoms with Crippen LogP contribution in [0.3, 0.4) is 0 Å². The number of fused-ring (bicyclic) bond motifs is 3. The molecular weight excluding hydrogens is 452 g/mol. The SMILES string of the molecule is CCOC1CN(C(=O)CC(O)CNC(=O)OCC2c3ccccc3-c3ccccc32)CC1C(=O)O. The molecule has 2 amide bonds. The Bertz CT molecular complexity index is 1040. The summed E-state index contributed by atoms with van der Waals surface area (Å²) in [6.07, 6.45) is -2.62. The van der Waals surface area contributed by atoms with E-state index in [1.54, 1.807) is 6.92 Å². The number of likely N-dealkylation sites (tertiary alicyclic amines) is 1. The van der Waals surface area contributed by atoms with Gasteiger partial charge in [0, 0.05) is 32.2 Å². The number of carbonyl (C=O) groups is 3. The quantitative estimate of drug-likeness (QED) is 0.500. The number of rotatable bonds is 9. The highest BCUT2D eigenvalue weighted by Crippen LogP contribution is 2.44. The Balaban J connectivity index is 1.24. The minimum atomic E-state index is -1.13. The van der Waals surface area contributed by atoms with Crippen LogP contribution in [0.15, 0.2) is 48.5 Å². The van der Waals surface area contributed by atoms with Gasteiger partial charge in [-0.05, 0) is 29.2 Å². The lowest BCUT2D eigenvalue weighted by Gasteiger charge is -2.19. The summed E-state index contributed by atoms with van der Waals surface area (Å²) in [4.78, 5) is 37.6. The number of carboxylic acids is 1. The van der Waals surface area contributed by atoms with E-state index in [2.05, 4.69) is 17.4 Å². The van der Waals surface area contributed by atoms with Gasteiger partial charge in [0.15, 0.2) is 0 Å². The van der Waals surface area contributed by atoms with Crippen molar-refractivity contribution in [3.8, 4) is 11.1 Å². The van der Waals surface area contributed by atoms with E-state index in [9.17, 15) is 24.6 Å². The van der Waals surface area contributed by atoms with Crippen molar-refractivity contribution in [2.75, 3.05) is 32.8 Å². The number of benzene rings is 2. The molecule has 1 aliphatic heterocycles. The van der Waals surface area contributed by atoms with Gasteiger partial charge in [-0.2, -0.15) is 0 Å². The normalized spacial score (nSPS) is 19.7. The van der Waals surface area contributed by atoms with Crippen LogP contribution in [0.5, 0.6) is 0 Å². The van der Waals surface area contributed by atoms with Crippen LogP contribution in [0.25, 0.3) is 11.1 Å². The number of aliphatic carboxylic acids is 1. The molecule has 1 saturated heterocycles. The average molecular weight is 483 g/mol. The van der Waals surface area contributed by atoms with Crippen molar-refractivity contribution < 1.29 is 34.1 Å². The molecule has 0 saturated carbocycles. The molecule has 2 aromatic carbocycles. The summed E-state index contributed by atoms with van der Waals surface area (Å²) in [5.74, 6) is -2.28. The van der Waals surface area contributed by atoms with E-state index in [0.717, 1.165) is 22.3 Å². The van der Waals surface area contributed by atoms with Crippen molar-refractivity contribution in [1.82, 2.24) is 10.2 Å². The molecular formula is C26H30N2O7. The van der Waals surface area contributed by atoms with Gasteiger partial charge in [-0.3, -0.25) is 9.59 Å². The summed E-state index contributed by atoms with van der Waals surface area (Å²) < 4.78 is 10.9. The first-order chi connectivity index (χ1) is 16.9. The van der Waals surface area contributed by atoms with Gasteiger partial charge in [-0.1, -0.05) is 48.5 Å². The monoisotopic (exact) mass is 482 g/mol. The minimum absolute atomic E-state index is 0.0331. The number of alkyl carbamates (subject to hydrolysis) is 1. The molecule has 0 aromatic heterocycles. The van der Waals surface area contributed by atoms with Gasteiger partial charge >= 0.3 is 12.1 Å². The van der Waals surface area contributed by atoms with Crippen LogP contribution in [-0.4, -0.2) is 78.1 Å². The van der Waals surface area contributed by atoms with Crippen molar-refractivity contribution in [3.05, 3.63) is 59.7 Å². The summed E-state index contributed by atoms with van der Waals surface area (Å²) in [5.41, 5.74) is 4.46. The molecule has 0 spiro atoms. The van der Waals surface area contributed by atoms with Crippen LogP contribution in [0, 0.1) is 5.92 Å². The van der Waals surface area contributed by atoms with Crippen LogP contribution in [0.1, 0.15) is 30.4 Å². The first-order valence-corrected chi connectivity index (χ1v) is 11.8. The van der Waals surface area contributed by atoms with Crippen molar-refractivity contribution >= 4 is 18.0 Å². The highest BCUT2D eigenvalue weighted by Gasteiger charge is 2.40. The van der Waals surface area contributed by atoms with Crippen molar-refractivity contribution in [3.63, 3.8) is 0 Å². The Hall–Kier alpha value is -3.43. The maximum Gasteiger partial charge on any atom is 0.407 e. The summed E-state index contributed by atoms with van der Waals surface area (Å²) in [6, 6.07) is 16.0. The standard InChI is InChI=1S/C26H30N2O7/c1-2-34-23-14-28(13-21(23)25(31)32)24(30)11-16(29)12-27-26(33)35-15-22-19-9-5-3-7-17(19)18-8-4-6-10-20(18)22/h3-10,16,21-23,29H,2,11-15H2,1H3,(H,27,33)(H,31,32). The highest BCUT2D eigenvalue weighted by atomic mass is 16.5. The van der Waals surface area contributed by atoms with E-state index in [1.807, 2.05) is 36.4 Å². The van der Waals surface area contributed by atoms with Crippen LogP contribution in [0.2, 0.25) is 0 Å². The lowest BCUT2D eigenvalue weighted by atomic mass is 9.98. The molecule has 0 bridgehead atoms. The lowest BCUT2D eigenvalue weighted by molar-refractivity contribution is -0.145. The zero-order chi connectivity index (χ0) is 24.9. The van der Waals surface area contributed by atoms with E-state index < -0.39 is 30.2 Å². The number of carbonyl (C=O) groups excluding carboxylic acids is 2. The Labute approximate surface area is 203 Å². The first-order valence-electron chi connectivity index (χ1n) is 11.8. The zero-order valence-corrected chi connectivity index (χ0v) is 19.6. The van der Waals surface area contributed by atoms with Gasteiger partial charge in [0.1, 0.15) is 12.5 Å². The molecule has 186 valence electrons. The molecule has 0 radical (unpaired) electrons. The largest absolute Gasteiger partial charge is 0.481 e. The number of amides is 2. The summed E-state index contributed by atoms with van der Waals surface area (Å²) in [5, 5.41) is 22.1. The van der Waals surface area contributed by atoms with Crippen molar-refractivity contribution in [1.29, 1.82) is 0 Å². The maximum atomic E-state index is 12.5. The van der Waals surface area contributed by atoms with E-state index in [0.29, 0.717) is 6.61 Å². The fraction of sp³-hybridized carbons (Fsp3) is 0.423. The number of ether oxygens (including phenoxy) is 2. The van der Waals surface area contributed by atoms with Gasteiger partial charge in [0.05, 0.1) is 18.6 Å². The van der Waals surface area contributed by atoms with Gasteiger partial charge in [-0.15, -0.1) is 0 Å². The fourth-order valence-electron chi connectivity index (χ4n) is 4.85. The molecule has 3 N–H and O–H groups in total. The first kappa shape index (κ1) is 24.7. The molecule has 9 nitrogen and oxygen atoms in total. The molecule has 3 unspecified atom stereocenters. The zero-order valence-electron chi connectivity index (χ0n) is 19.6. The summed E-state index contributed by atoms with van der Waals surface area (Å²) >= 11 is 0. The van der Waals surface area contributed by atoms with Gasteiger partial charge < -0.3 is 29.9 Å². The number of carboxylic acid groups (broad SMARTS) is 1. The second kappa shape index (κ2) is 10.9. The van der Waals surface area contributed by atoms with Crippen LogP contribution in [0.4, 0.5) is 4.79 Å². The summed E-state index contributed by atoms with van der Waals surface area (Å²) in [6.45, 7) is 2.30. The van der Waals surface area contributed by atoms with Crippen LogP contribution >= 0.6 is 0 Å². The van der Waals surface area contributed by atoms with E-state index in [4.69, 9.17) is 9.47 Å². The van der Waals surface area contributed by atoms with Gasteiger partial charge in [0.2, 0.25) is 5.91 Å². The minimum Gasteiger partial charge on any atom is -0.481 e. The number of aliphatic hydroxyl groups is 1. The van der Waals surface area contributed by atoms with Crippen molar-refractivity contribution in [2.45, 2.75) is 31.5 Å². The molecule has 35 heavy (non-hydrogen) atoms. The second-order valence-electron chi connectivity index (χ2n) is 8.80. The number of aliphatic hydroxyl groups excluding tert-OH is 1. The van der Waals surface area contributed by atoms with E-state index >= 15 is 0 Å². The Morgan fingerprint density at radius 1 is 1.06 bits per heavy atom. The van der Waals surface area contributed by atoms with Crippen LogP contribution in [-0.2, 0) is 19.1 Å². The molecule has 2 aliphatic rings. The van der Waals surface area contributed by atoms with Crippen LogP contribution < -0.4 is 5.32 Å². The fourth-order valence-corrected chi connectivity index (χ4v) is 4.85. The summed E-state index contributed by atoms with van der Waals surface area (Å²) in [7, 11) is 0. The number of nitrogens with one attached hydrogen (secondary N) is 1. The third kappa shape index (κ3) is 5.47. The molecule has 2 aromatic rings. The Morgan fingerprint density at radius 2 is 1.69 bits per heavy atom. The smallest absolute Gasteiger partial charge is 0.407 e. The Kier molecular flexibility index (Phi) is 7.67. The predicted molar refractivity (Wildman–Crippen MR) is 127 cm³/mol. The van der Waals surface area contributed by atoms with Gasteiger partial charge in [0.25, 0.3) is 0 Å². The number of hydrogen-bond acceptors (Lipinski definition) is 6. The second-order valence-corrected chi connectivity index (χ2v) is 8.80. The Morgan fingerprint density at radius 3 is 2.29 bits per heavy atom. The number of nitrogens with zero attached hydrogens (tertiary/aromatic N) is 1. The number of hydrogen-bond donors (Lipinski definition) is 3. The van der Waals surface area contributed by atoms with E-state index in [-0.39, 0.29) is 44.5 Å². The molecule has 1 aliphatic carbocycles. The van der Waals surface area contributed by atoms with Crippen molar-refractivity contribution in [2.24, 2.45) is 5.92 Å².